The molecule has 0 spiro atoms. The van der Waals surface area contributed by atoms with Crippen LogP contribution >= 0.6 is 11.3 Å². The number of rotatable bonds is 7. The quantitative estimate of drug-likeness (QED) is 0.792. The van der Waals surface area contributed by atoms with Gasteiger partial charge >= 0.3 is 0 Å². The third-order valence-electron chi connectivity index (χ3n) is 3.63. The molecule has 21 heavy (non-hydrogen) atoms. The van der Waals surface area contributed by atoms with Crippen molar-refractivity contribution < 1.29 is 4.74 Å². The standard InChI is InChI=1S/C18H25NOS/c1-4-6-14-8-10-15(11-9-14)20-18(16(19)5-2)17-12-7-13(3)21-17/h7-12,16,18H,4-6,19H2,1-3H3. The van der Waals surface area contributed by atoms with E-state index in [1.807, 2.05) is 0 Å². The van der Waals surface area contributed by atoms with Gasteiger partial charge in [0, 0.05) is 15.8 Å². The van der Waals surface area contributed by atoms with Crippen LogP contribution in [-0.2, 0) is 6.42 Å². The maximum Gasteiger partial charge on any atom is 0.148 e. The Morgan fingerprint density at radius 1 is 1.10 bits per heavy atom. The molecule has 1 aromatic carbocycles. The summed E-state index contributed by atoms with van der Waals surface area (Å²) in [5, 5.41) is 0. The molecular weight excluding hydrogens is 278 g/mol. The summed E-state index contributed by atoms with van der Waals surface area (Å²) in [7, 11) is 0. The molecule has 0 radical (unpaired) electrons. The summed E-state index contributed by atoms with van der Waals surface area (Å²) in [5.41, 5.74) is 7.62. The predicted molar refractivity (Wildman–Crippen MR) is 91.1 cm³/mol. The van der Waals surface area contributed by atoms with Gasteiger partial charge < -0.3 is 10.5 Å². The zero-order chi connectivity index (χ0) is 15.2. The molecule has 0 amide bonds. The van der Waals surface area contributed by atoms with Gasteiger partial charge in [0.05, 0.1) is 0 Å². The van der Waals surface area contributed by atoms with E-state index in [0.29, 0.717) is 0 Å². The van der Waals surface area contributed by atoms with Crippen molar-refractivity contribution in [2.24, 2.45) is 5.73 Å². The Bertz CT molecular complexity index is 547. The van der Waals surface area contributed by atoms with Crippen LogP contribution in [0, 0.1) is 6.92 Å². The molecular formula is C18H25NOS. The van der Waals surface area contributed by atoms with E-state index in [9.17, 15) is 0 Å². The van der Waals surface area contributed by atoms with Crippen molar-refractivity contribution in [3.8, 4) is 5.75 Å². The topological polar surface area (TPSA) is 35.2 Å². The lowest BCUT2D eigenvalue weighted by atomic mass is 10.1. The molecule has 1 aromatic heterocycles. The molecule has 2 rings (SSSR count). The predicted octanol–water partition coefficient (Wildman–Crippen LogP) is 4.87. The number of aryl methyl sites for hydroxylation is 2. The average Bonchev–Trinajstić information content (AvgIpc) is 2.92. The van der Waals surface area contributed by atoms with Gasteiger partial charge in [0.1, 0.15) is 11.9 Å². The molecule has 3 heteroatoms. The molecule has 2 aromatic rings. The normalized spacial score (nSPS) is 13.9. The summed E-state index contributed by atoms with van der Waals surface area (Å²) in [6, 6.07) is 12.7. The second kappa shape index (κ2) is 7.62. The highest BCUT2D eigenvalue weighted by atomic mass is 32.1. The van der Waals surface area contributed by atoms with Crippen LogP contribution in [0.5, 0.6) is 5.75 Å². The highest BCUT2D eigenvalue weighted by molar-refractivity contribution is 7.12. The Morgan fingerprint density at radius 3 is 2.33 bits per heavy atom. The number of thiophene rings is 1. The van der Waals surface area contributed by atoms with Gasteiger partial charge in [-0.3, -0.25) is 0 Å². The van der Waals surface area contributed by atoms with Gasteiger partial charge in [0.2, 0.25) is 0 Å². The molecule has 0 aliphatic carbocycles. The lowest BCUT2D eigenvalue weighted by Gasteiger charge is -2.23. The third kappa shape index (κ3) is 4.32. The second-order valence-electron chi connectivity index (χ2n) is 5.45. The van der Waals surface area contributed by atoms with Gasteiger partial charge in [-0.15, -0.1) is 11.3 Å². The van der Waals surface area contributed by atoms with Crippen LogP contribution < -0.4 is 10.5 Å². The zero-order valence-electron chi connectivity index (χ0n) is 13.1. The fraction of sp³-hybridized carbons (Fsp3) is 0.444. The highest BCUT2D eigenvalue weighted by Crippen LogP contribution is 2.30. The van der Waals surface area contributed by atoms with Crippen molar-refractivity contribution >= 4 is 11.3 Å². The Hall–Kier alpha value is -1.32. The Kier molecular flexibility index (Phi) is 5.83. The van der Waals surface area contributed by atoms with E-state index < -0.39 is 0 Å². The van der Waals surface area contributed by atoms with Gasteiger partial charge in [0.15, 0.2) is 0 Å². The van der Waals surface area contributed by atoms with Gasteiger partial charge in [0.25, 0.3) is 0 Å². The SMILES string of the molecule is CCCc1ccc(OC(c2ccc(C)s2)C(N)CC)cc1. The Labute approximate surface area is 132 Å². The van der Waals surface area contributed by atoms with Gasteiger partial charge in [-0.25, -0.2) is 0 Å². The first-order valence-corrected chi connectivity index (χ1v) is 8.53. The molecule has 1 heterocycles. The molecule has 114 valence electrons. The second-order valence-corrected chi connectivity index (χ2v) is 6.77. The van der Waals surface area contributed by atoms with Crippen LogP contribution in [-0.4, -0.2) is 6.04 Å². The van der Waals surface area contributed by atoms with Crippen molar-refractivity contribution in [1.29, 1.82) is 0 Å². The fourth-order valence-electron chi connectivity index (χ4n) is 2.35. The van der Waals surface area contributed by atoms with E-state index in [1.165, 1.54) is 15.3 Å². The lowest BCUT2D eigenvalue weighted by Crippen LogP contribution is -2.30. The van der Waals surface area contributed by atoms with Crippen molar-refractivity contribution in [3.63, 3.8) is 0 Å². The van der Waals surface area contributed by atoms with Crippen molar-refractivity contribution in [2.45, 2.75) is 52.2 Å². The Morgan fingerprint density at radius 2 is 1.81 bits per heavy atom. The fourth-order valence-corrected chi connectivity index (χ4v) is 3.33. The summed E-state index contributed by atoms with van der Waals surface area (Å²) < 4.78 is 6.19. The number of hydrogen-bond acceptors (Lipinski definition) is 3. The lowest BCUT2D eigenvalue weighted by molar-refractivity contribution is 0.174. The van der Waals surface area contributed by atoms with Crippen LogP contribution in [0.25, 0.3) is 0 Å². The monoisotopic (exact) mass is 303 g/mol. The van der Waals surface area contributed by atoms with Gasteiger partial charge in [-0.2, -0.15) is 0 Å². The molecule has 0 saturated heterocycles. The van der Waals surface area contributed by atoms with Gasteiger partial charge in [-0.05, 0) is 49.6 Å². The minimum atomic E-state index is -0.0641. The van der Waals surface area contributed by atoms with E-state index in [1.54, 1.807) is 11.3 Å². The third-order valence-corrected chi connectivity index (χ3v) is 4.69. The smallest absolute Gasteiger partial charge is 0.148 e. The highest BCUT2D eigenvalue weighted by Gasteiger charge is 2.22. The molecule has 2 atom stereocenters. The molecule has 2 nitrogen and oxygen atoms in total. The largest absolute Gasteiger partial charge is 0.483 e. The summed E-state index contributed by atoms with van der Waals surface area (Å²) in [4.78, 5) is 2.50. The van der Waals surface area contributed by atoms with Gasteiger partial charge in [-0.1, -0.05) is 32.4 Å². The van der Waals surface area contributed by atoms with Crippen molar-refractivity contribution in [3.05, 3.63) is 51.7 Å². The molecule has 0 aliphatic heterocycles. The van der Waals surface area contributed by atoms with Crippen molar-refractivity contribution in [2.75, 3.05) is 0 Å². The van der Waals surface area contributed by atoms with Crippen LogP contribution in [0.2, 0.25) is 0 Å². The maximum absolute atomic E-state index is 6.27. The summed E-state index contributed by atoms with van der Waals surface area (Å²) in [6.45, 7) is 6.41. The first-order chi connectivity index (χ1) is 10.1. The molecule has 0 aliphatic rings. The number of hydrogen-bond donors (Lipinski definition) is 1. The number of nitrogens with two attached hydrogens (primary N) is 1. The van der Waals surface area contributed by atoms with Crippen LogP contribution in [0.4, 0.5) is 0 Å². The van der Waals surface area contributed by atoms with Crippen LogP contribution in [0.3, 0.4) is 0 Å². The van der Waals surface area contributed by atoms with E-state index in [2.05, 4.69) is 57.2 Å². The molecule has 2 unspecified atom stereocenters. The number of ether oxygens (including phenoxy) is 1. The zero-order valence-corrected chi connectivity index (χ0v) is 14.0. The number of benzene rings is 1. The summed E-state index contributed by atoms with van der Waals surface area (Å²) >= 11 is 1.77. The first kappa shape index (κ1) is 16.1. The van der Waals surface area contributed by atoms with E-state index in [0.717, 1.165) is 25.0 Å². The summed E-state index contributed by atoms with van der Waals surface area (Å²) in [6.07, 6.45) is 3.11. The maximum atomic E-state index is 6.27. The van der Waals surface area contributed by atoms with Crippen LogP contribution in [0.15, 0.2) is 36.4 Å². The van der Waals surface area contributed by atoms with E-state index in [-0.39, 0.29) is 12.1 Å². The minimum absolute atomic E-state index is 0.0124. The van der Waals surface area contributed by atoms with E-state index >= 15 is 0 Å². The molecule has 0 saturated carbocycles. The van der Waals surface area contributed by atoms with Crippen molar-refractivity contribution in [1.82, 2.24) is 0 Å². The van der Waals surface area contributed by atoms with E-state index in [4.69, 9.17) is 10.5 Å². The average molecular weight is 303 g/mol. The molecule has 2 N–H and O–H groups in total. The van der Waals surface area contributed by atoms with Crippen LogP contribution in [0.1, 0.15) is 48.1 Å². The summed E-state index contributed by atoms with van der Waals surface area (Å²) in [5.74, 6) is 0.898. The molecule has 0 fully saturated rings. The minimum Gasteiger partial charge on any atom is -0.483 e. The Balaban J connectivity index is 2.15. The molecule has 0 bridgehead atoms. The first-order valence-electron chi connectivity index (χ1n) is 7.71.